The fourth-order valence-corrected chi connectivity index (χ4v) is 1.66. The molecule has 5 heteroatoms. The van der Waals surface area contributed by atoms with Crippen LogP contribution in [-0.2, 0) is 4.79 Å². The first-order valence-electron chi connectivity index (χ1n) is 6.09. The quantitative estimate of drug-likeness (QED) is 0.842. The summed E-state index contributed by atoms with van der Waals surface area (Å²) in [6, 6.07) is 10.8. The number of carbonyl (C=O) groups excluding carboxylic acids is 1. The van der Waals surface area contributed by atoms with Gasteiger partial charge >= 0.3 is 0 Å². The molecule has 0 saturated heterocycles. The number of hydrogen-bond donors (Lipinski definition) is 2. The largest absolute Gasteiger partial charge is 0.483 e. The number of carbonyl (C=O) groups is 1. The molecule has 0 bridgehead atoms. The lowest BCUT2D eigenvalue weighted by Gasteiger charge is -2.10. The fraction of sp³-hybridized carbons (Fsp3) is 0.133. The number of anilines is 2. The smallest absolute Gasteiger partial charge is 0.262 e. The Morgan fingerprint density at radius 1 is 1.25 bits per heavy atom. The van der Waals surface area contributed by atoms with Crippen molar-refractivity contribution in [1.82, 2.24) is 0 Å². The molecule has 0 unspecified atom stereocenters. The van der Waals surface area contributed by atoms with E-state index in [4.69, 9.17) is 10.5 Å². The number of hydrogen-bond acceptors (Lipinski definition) is 3. The van der Waals surface area contributed by atoms with Crippen LogP contribution in [0.15, 0.2) is 42.5 Å². The highest BCUT2D eigenvalue weighted by Crippen LogP contribution is 2.22. The SMILES string of the molecule is Cc1c(N)cccc1OCC(=O)Nc1ccc(F)cc1. The highest BCUT2D eigenvalue weighted by Gasteiger charge is 2.06. The van der Waals surface area contributed by atoms with Crippen LogP contribution in [0, 0.1) is 12.7 Å². The van der Waals surface area contributed by atoms with Crippen molar-refractivity contribution in [2.45, 2.75) is 6.92 Å². The Kier molecular flexibility index (Phi) is 4.20. The van der Waals surface area contributed by atoms with Crippen molar-refractivity contribution in [2.24, 2.45) is 0 Å². The molecule has 4 nitrogen and oxygen atoms in total. The first-order chi connectivity index (χ1) is 9.56. The normalized spacial score (nSPS) is 10.1. The van der Waals surface area contributed by atoms with Crippen molar-refractivity contribution < 1.29 is 13.9 Å². The van der Waals surface area contributed by atoms with Crippen LogP contribution in [0.25, 0.3) is 0 Å². The lowest BCUT2D eigenvalue weighted by molar-refractivity contribution is -0.118. The van der Waals surface area contributed by atoms with Crippen LogP contribution in [-0.4, -0.2) is 12.5 Å². The summed E-state index contributed by atoms with van der Waals surface area (Å²) in [6.07, 6.45) is 0. The molecule has 2 rings (SSSR count). The van der Waals surface area contributed by atoms with E-state index >= 15 is 0 Å². The molecule has 0 saturated carbocycles. The number of amides is 1. The highest BCUT2D eigenvalue weighted by atomic mass is 19.1. The van der Waals surface area contributed by atoms with Gasteiger partial charge in [-0.15, -0.1) is 0 Å². The zero-order valence-electron chi connectivity index (χ0n) is 11.0. The summed E-state index contributed by atoms with van der Waals surface area (Å²) in [5.41, 5.74) is 7.67. The van der Waals surface area contributed by atoms with Crippen LogP contribution in [0.4, 0.5) is 15.8 Å². The number of benzene rings is 2. The molecule has 3 N–H and O–H groups in total. The highest BCUT2D eigenvalue weighted by molar-refractivity contribution is 5.91. The molecule has 0 fully saturated rings. The maximum absolute atomic E-state index is 12.7. The second kappa shape index (κ2) is 6.06. The molecule has 2 aromatic rings. The maximum atomic E-state index is 12.7. The van der Waals surface area contributed by atoms with Gasteiger partial charge in [-0.1, -0.05) is 6.07 Å². The standard InChI is InChI=1S/C15H15FN2O2/c1-10-13(17)3-2-4-14(10)20-9-15(19)18-12-7-5-11(16)6-8-12/h2-8H,9,17H2,1H3,(H,18,19). The van der Waals surface area contributed by atoms with Crippen LogP contribution in [0.5, 0.6) is 5.75 Å². The van der Waals surface area contributed by atoms with Crippen LogP contribution < -0.4 is 15.8 Å². The van der Waals surface area contributed by atoms with E-state index in [1.54, 1.807) is 18.2 Å². The molecule has 0 atom stereocenters. The third-order valence-corrected chi connectivity index (χ3v) is 2.81. The van der Waals surface area contributed by atoms with Gasteiger partial charge in [-0.05, 0) is 43.3 Å². The molecule has 2 aromatic carbocycles. The topological polar surface area (TPSA) is 64.3 Å². The Balaban J connectivity index is 1.92. The maximum Gasteiger partial charge on any atom is 0.262 e. The van der Waals surface area contributed by atoms with Gasteiger partial charge in [0.25, 0.3) is 5.91 Å². The van der Waals surface area contributed by atoms with E-state index in [1.165, 1.54) is 24.3 Å². The summed E-state index contributed by atoms with van der Waals surface area (Å²) < 4.78 is 18.1. The van der Waals surface area contributed by atoms with E-state index in [0.717, 1.165) is 5.56 Å². The summed E-state index contributed by atoms with van der Waals surface area (Å²) in [5, 5.41) is 2.61. The van der Waals surface area contributed by atoms with Gasteiger partial charge in [0.2, 0.25) is 0 Å². The Morgan fingerprint density at radius 3 is 2.65 bits per heavy atom. The van der Waals surface area contributed by atoms with E-state index < -0.39 is 0 Å². The lowest BCUT2D eigenvalue weighted by atomic mass is 10.2. The molecule has 0 heterocycles. The van der Waals surface area contributed by atoms with Crippen molar-refractivity contribution in [2.75, 3.05) is 17.7 Å². The van der Waals surface area contributed by atoms with Crippen molar-refractivity contribution in [3.8, 4) is 5.75 Å². The van der Waals surface area contributed by atoms with Gasteiger partial charge in [-0.3, -0.25) is 4.79 Å². The van der Waals surface area contributed by atoms with Gasteiger partial charge in [0.05, 0.1) is 0 Å². The van der Waals surface area contributed by atoms with Crippen molar-refractivity contribution in [1.29, 1.82) is 0 Å². The Hall–Kier alpha value is -2.56. The van der Waals surface area contributed by atoms with Gasteiger partial charge in [0.1, 0.15) is 11.6 Å². The Bertz CT molecular complexity index is 612. The van der Waals surface area contributed by atoms with E-state index in [-0.39, 0.29) is 18.3 Å². The molecular weight excluding hydrogens is 259 g/mol. The first-order valence-corrected chi connectivity index (χ1v) is 6.09. The molecule has 0 aromatic heterocycles. The minimum Gasteiger partial charge on any atom is -0.483 e. The van der Waals surface area contributed by atoms with Crippen molar-refractivity contribution >= 4 is 17.3 Å². The van der Waals surface area contributed by atoms with Crippen LogP contribution >= 0.6 is 0 Å². The first kappa shape index (κ1) is 13.9. The van der Waals surface area contributed by atoms with Crippen LogP contribution in [0.1, 0.15) is 5.56 Å². The van der Waals surface area contributed by atoms with E-state index in [1.807, 2.05) is 6.92 Å². The lowest BCUT2D eigenvalue weighted by Crippen LogP contribution is -2.20. The molecular formula is C15H15FN2O2. The Morgan fingerprint density at radius 2 is 1.95 bits per heavy atom. The van der Waals surface area contributed by atoms with E-state index in [2.05, 4.69) is 5.32 Å². The molecule has 0 aliphatic rings. The summed E-state index contributed by atoms with van der Waals surface area (Å²) in [5.74, 6) is -0.104. The monoisotopic (exact) mass is 274 g/mol. The minimum absolute atomic E-state index is 0.137. The number of nitrogens with one attached hydrogen (secondary N) is 1. The number of halogens is 1. The molecule has 0 aliphatic carbocycles. The molecule has 0 aliphatic heterocycles. The number of rotatable bonds is 4. The molecule has 0 radical (unpaired) electrons. The summed E-state index contributed by atoms with van der Waals surface area (Å²) >= 11 is 0. The third kappa shape index (κ3) is 3.47. The van der Waals surface area contributed by atoms with Crippen molar-refractivity contribution in [3.05, 3.63) is 53.8 Å². The zero-order valence-corrected chi connectivity index (χ0v) is 11.0. The van der Waals surface area contributed by atoms with Gasteiger partial charge in [0.15, 0.2) is 6.61 Å². The Labute approximate surface area is 116 Å². The fourth-order valence-electron chi connectivity index (χ4n) is 1.66. The summed E-state index contributed by atoms with van der Waals surface area (Å²) in [6.45, 7) is 1.68. The second-order valence-electron chi connectivity index (χ2n) is 4.31. The van der Waals surface area contributed by atoms with Gasteiger partial charge in [-0.2, -0.15) is 0 Å². The van der Waals surface area contributed by atoms with E-state index in [9.17, 15) is 9.18 Å². The predicted molar refractivity (Wildman–Crippen MR) is 76.1 cm³/mol. The van der Waals surface area contributed by atoms with Crippen molar-refractivity contribution in [3.63, 3.8) is 0 Å². The molecule has 104 valence electrons. The summed E-state index contributed by atoms with van der Waals surface area (Å²) in [4.78, 5) is 11.7. The third-order valence-electron chi connectivity index (χ3n) is 2.81. The molecule has 0 spiro atoms. The zero-order chi connectivity index (χ0) is 14.5. The number of nitrogen functional groups attached to an aromatic ring is 1. The van der Waals surface area contributed by atoms with Crippen LogP contribution in [0.3, 0.4) is 0 Å². The average molecular weight is 274 g/mol. The second-order valence-corrected chi connectivity index (χ2v) is 4.31. The summed E-state index contributed by atoms with van der Waals surface area (Å²) in [7, 11) is 0. The average Bonchev–Trinajstić information content (AvgIpc) is 2.43. The van der Waals surface area contributed by atoms with Gasteiger partial charge in [0, 0.05) is 16.9 Å². The number of nitrogens with two attached hydrogens (primary N) is 1. The van der Waals surface area contributed by atoms with Gasteiger partial charge in [-0.25, -0.2) is 4.39 Å². The predicted octanol–water partition coefficient (Wildman–Crippen LogP) is 2.73. The van der Waals surface area contributed by atoms with E-state index in [0.29, 0.717) is 17.1 Å². The number of ether oxygens (including phenoxy) is 1. The minimum atomic E-state index is -0.352. The van der Waals surface area contributed by atoms with Crippen LogP contribution in [0.2, 0.25) is 0 Å². The molecule has 20 heavy (non-hydrogen) atoms. The van der Waals surface area contributed by atoms with Gasteiger partial charge < -0.3 is 15.8 Å². The molecule has 1 amide bonds.